The normalized spacial score (nSPS) is 18.7. The Balaban J connectivity index is 1.61. The quantitative estimate of drug-likeness (QED) is 0.292. The van der Waals surface area contributed by atoms with Gasteiger partial charge in [-0.2, -0.15) is 0 Å². The second-order valence-electron chi connectivity index (χ2n) is 7.70. The minimum atomic E-state index is -1.22. The van der Waals surface area contributed by atoms with Crippen molar-refractivity contribution in [3.05, 3.63) is 93.3 Å². The van der Waals surface area contributed by atoms with Crippen LogP contribution in [0, 0.1) is 0 Å². The molecule has 0 aliphatic carbocycles. The maximum Gasteiger partial charge on any atom is 0.336 e. The highest BCUT2D eigenvalue weighted by Gasteiger charge is 2.49. The summed E-state index contributed by atoms with van der Waals surface area (Å²) in [4.78, 5) is 39.4. The van der Waals surface area contributed by atoms with Crippen LogP contribution in [0.3, 0.4) is 0 Å². The summed E-state index contributed by atoms with van der Waals surface area (Å²) in [7, 11) is 0. The summed E-state index contributed by atoms with van der Waals surface area (Å²) in [6.45, 7) is 1.60. The van der Waals surface area contributed by atoms with E-state index in [4.69, 9.17) is 16.0 Å². The molecular formula is C24H17ClN2O4. The van der Waals surface area contributed by atoms with E-state index in [2.05, 4.69) is 5.32 Å². The van der Waals surface area contributed by atoms with Crippen molar-refractivity contribution in [2.45, 2.75) is 19.0 Å². The molecule has 1 aromatic heterocycles. The molecule has 4 aromatic rings. The highest BCUT2D eigenvalue weighted by molar-refractivity contribution is 6.30. The van der Waals surface area contributed by atoms with Crippen LogP contribution in [0.2, 0.25) is 5.02 Å². The number of imide groups is 1. The molecule has 3 aromatic carbocycles. The Morgan fingerprint density at radius 1 is 1.00 bits per heavy atom. The van der Waals surface area contributed by atoms with Crippen molar-refractivity contribution in [1.29, 1.82) is 0 Å². The zero-order chi connectivity index (χ0) is 21.8. The lowest BCUT2D eigenvalue weighted by Gasteiger charge is -2.22. The van der Waals surface area contributed by atoms with Gasteiger partial charge in [0.2, 0.25) is 0 Å². The van der Waals surface area contributed by atoms with Gasteiger partial charge in [-0.15, -0.1) is 0 Å². The van der Waals surface area contributed by atoms with Gasteiger partial charge >= 0.3 is 11.7 Å². The second kappa shape index (κ2) is 6.96. The predicted molar refractivity (Wildman–Crippen MR) is 118 cm³/mol. The van der Waals surface area contributed by atoms with Crippen LogP contribution in [0.25, 0.3) is 21.7 Å². The van der Waals surface area contributed by atoms with Crippen molar-refractivity contribution in [2.24, 2.45) is 0 Å². The van der Waals surface area contributed by atoms with E-state index in [0.717, 1.165) is 15.7 Å². The molecule has 2 heterocycles. The number of carbonyl (C=O) groups excluding carboxylic acids is 2. The van der Waals surface area contributed by atoms with E-state index in [9.17, 15) is 14.4 Å². The van der Waals surface area contributed by atoms with Gasteiger partial charge in [-0.05, 0) is 47.0 Å². The molecule has 1 fully saturated rings. The van der Waals surface area contributed by atoms with Crippen LogP contribution in [-0.2, 0) is 16.9 Å². The molecule has 1 atom stereocenters. The number of urea groups is 1. The molecule has 6 nitrogen and oxygen atoms in total. The summed E-state index contributed by atoms with van der Waals surface area (Å²) in [5, 5.41) is 5.87. The van der Waals surface area contributed by atoms with E-state index >= 15 is 0 Å². The lowest BCUT2D eigenvalue weighted by Crippen LogP contribution is -2.40. The number of nitrogens with one attached hydrogen (secondary N) is 1. The fraction of sp³-hybridized carbons (Fsp3) is 0.125. The number of fused-ring (bicyclic) bond motifs is 3. The first kappa shape index (κ1) is 19.3. The average Bonchev–Trinajstić information content (AvgIpc) is 2.97. The number of rotatable bonds is 3. The van der Waals surface area contributed by atoms with Gasteiger partial charge in [-0.3, -0.25) is 9.69 Å². The van der Waals surface area contributed by atoms with E-state index in [-0.39, 0.29) is 6.54 Å². The van der Waals surface area contributed by atoms with E-state index < -0.39 is 23.1 Å². The standard InChI is InChI=1S/C24H17ClN2O4/c1-24(16-7-9-17(25)10-8-16)22(29)27(23(30)26-24)13-15-12-20(28)31-19-11-6-14-4-2-3-5-18(14)21(15)19/h2-12H,13H2,1H3,(H,26,30). The first-order valence-corrected chi connectivity index (χ1v) is 10.1. The third-order valence-corrected chi connectivity index (χ3v) is 5.99. The highest BCUT2D eigenvalue weighted by atomic mass is 35.5. The SMILES string of the molecule is CC1(c2ccc(Cl)cc2)NC(=O)N(Cc2cc(=O)oc3ccc4ccccc4c23)C1=O. The Hall–Kier alpha value is -3.64. The Labute approximate surface area is 182 Å². The summed E-state index contributed by atoms with van der Waals surface area (Å²) in [6, 6.07) is 18.9. The zero-order valence-corrected chi connectivity index (χ0v) is 17.3. The largest absolute Gasteiger partial charge is 0.423 e. The number of benzene rings is 3. The van der Waals surface area contributed by atoms with Crippen molar-refractivity contribution in [3.63, 3.8) is 0 Å². The number of carbonyl (C=O) groups is 2. The van der Waals surface area contributed by atoms with Crippen LogP contribution in [0.4, 0.5) is 4.79 Å². The third-order valence-electron chi connectivity index (χ3n) is 5.74. The molecule has 1 aliphatic rings. The zero-order valence-electron chi connectivity index (χ0n) is 16.5. The molecule has 31 heavy (non-hydrogen) atoms. The van der Waals surface area contributed by atoms with Crippen LogP contribution in [0.5, 0.6) is 0 Å². The maximum atomic E-state index is 13.3. The number of nitrogens with zero attached hydrogens (tertiary/aromatic N) is 1. The summed E-state index contributed by atoms with van der Waals surface area (Å²) >= 11 is 5.96. The van der Waals surface area contributed by atoms with Gasteiger partial charge in [0.1, 0.15) is 11.1 Å². The predicted octanol–water partition coefficient (Wildman–Crippen LogP) is 4.57. The van der Waals surface area contributed by atoms with Crippen molar-refractivity contribution >= 4 is 45.3 Å². The summed E-state index contributed by atoms with van der Waals surface area (Å²) in [6.07, 6.45) is 0. The number of hydrogen-bond donors (Lipinski definition) is 1. The summed E-state index contributed by atoms with van der Waals surface area (Å²) in [5.41, 5.74) is -0.175. The molecular weight excluding hydrogens is 416 g/mol. The first-order chi connectivity index (χ1) is 14.9. The van der Waals surface area contributed by atoms with Crippen molar-refractivity contribution in [2.75, 3.05) is 0 Å². The molecule has 1 unspecified atom stereocenters. The molecule has 0 bridgehead atoms. The molecule has 0 radical (unpaired) electrons. The van der Waals surface area contributed by atoms with Crippen LogP contribution < -0.4 is 10.9 Å². The number of hydrogen-bond acceptors (Lipinski definition) is 4. The van der Waals surface area contributed by atoms with Gasteiger partial charge in [0.05, 0.1) is 6.54 Å². The van der Waals surface area contributed by atoms with Gasteiger partial charge in [0.25, 0.3) is 5.91 Å². The average molecular weight is 433 g/mol. The summed E-state index contributed by atoms with van der Waals surface area (Å²) < 4.78 is 5.38. The number of amides is 3. The van der Waals surface area contributed by atoms with Crippen LogP contribution in [0.15, 0.2) is 75.9 Å². The van der Waals surface area contributed by atoms with Gasteiger partial charge in [0, 0.05) is 16.5 Å². The molecule has 1 saturated heterocycles. The smallest absolute Gasteiger partial charge is 0.336 e. The molecule has 154 valence electrons. The van der Waals surface area contributed by atoms with Crippen LogP contribution in [-0.4, -0.2) is 16.8 Å². The Morgan fingerprint density at radius 3 is 2.52 bits per heavy atom. The minimum absolute atomic E-state index is 0.0516. The van der Waals surface area contributed by atoms with Crippen molar-refractivity contribution in [1.82, 2.24) is 10.2 Å². The first-order valence-electron chi connectivity index (χ1n) is 9.71. The highest BCUT2D eigenvalue weighted by Crippen LogP contribution is 2.33. The van der Waals surface area contributed by atoms with Gasteiger partial charge in [-0.1, -0.05) is 54.1 Å². The van der Waals surface area contributed by atoms with Crippen molar-refractivity contribution in [3.8, 4) is 0 Å². The van der Waals surface area contributed by atoms with E-state index in [1.807, 2.05) is 30.3 Å². The lowest BCUT2D eigenvalue weighted by molar-refractivity contribution is -0.131. The Bertz CT molecular complexity index is 1430. The van der Waals surface area contributed by atoms with E-state index in [0.29, 0.717) is 27.1 Å². The topological polar surface area (TPSA) is 79.6 Å². The second-order valence-corrected chi connectivity index (χ2v) is 8.14. The van der Waals surface area contributed by atoms with Gasteiger partial charge in [0.15, 0.2) is 0 Å². The summed E-state index contributed by atoms with van der Waals surface area (Å²) in [5.74, 6) is -0.401. The van der Waals surface area contributed by atoms with E-state index in [1.54, 1.807) is 37.3 Å². The molecule has 5 rings (SSSR count). The van der Waals surface area contributed by atoms with Crippen molar-refractivity contribution < 1.29 is 14.0 Å². The Kier molecular flexibility index (Phi) is 4.34. The Morgan fingerprint density at radius 2 is 1.74 bits per heavy atom. The molecule has 1 N–H and O–H groups in total. The van der Waals surface area contributed by atoms with Crippen LogP contribution >= 0.6 is 11.6 Å². The molecule has 0 spiro atoms. The third kappa shape index (κ3) is 3.07. The number of halogens is 1. The fourth-order valence-corrected chi connectivity index (χ4v) is 4.26. The monoisotopic (exact) mass is 432 g/mol. The molecule has 3 amide bonds. The molecule has 7 heteroatoms. The lowest BCUT2D eigenvalue weighted by atomic mass is 9.92. The van der Waals surface area contributed by atoms with Gasteiger partial charge < -0.3 is 9.73 Å². The van der Waals surface area contributed by atoms with E-state index in [1.165, 1.54) is 6.07 Å². The minimum Gasteiger partial charge on any atom is -0.423 e. The van der Waals surface area contributed by atoms with Gasteiger partial charge in [-0.25, -0.2) is 9.59 Å². The molecule has 1 aliphatic heterocycles. The maximum absolute atomic E-state index is 13.3. The fourth-order valence-electron chi connectivity index (χ4n) is 4.13. The van der Waals surface area contributed by atoms with Crippen LogP contribution in [0.1, 0.15) is 18.1 Å². The molecule has 0 saturated carbocycles.